The standard InChI is InChI=1S/C32H26Cl2N2O3S/c1-20-9-12-24(17-26(20)33)35-32-36(25-13-10-21(2)27(34)18-25)31(37)30(40-32)16-23-11-14-28(29(15-23)38-3)39-19-22-7-5-4-6-8-22/h4-18H,19H2,1-3H3/b30-16+,35-32?. The molecule has 4 aromatic rings. The van der Waals surface area contributed by atoms with Crippen molar-refractivity contribution in [2.45, 2.75) is 20.5 Å². The topological polar surface area (TPSA) is 51.1 Å². The summed E-state index contributed by atoms with van der Waals surface area (Å²) in [5.41, 5.74) is 5.01. The molecular formula is C32H26Cl2N2O3S. The first kappa shape index (κ1) is 27.8. The number of amides is 1. The van der Waals surface area contributed by atoms with Gasteiger partial charge in [-0.15, -0.1) is 0 Å². The van der Waals surface area contributed by atoms with Gasteiger partial charge in [-0.25, -0.2) is 4.99 Å². The highest BCUT2D eigenvalue weighted by Gasteiger charge is 2.35. The third-order valence-electron chi connectivity index (χ3n) is 6.32. The van der Waals surface area contributed by atoms with Crippen molar-refractivity contribution in [3.8, 4) is 11.5 Å². The number of thioether (sulfide) groups is 1. The van der Waals surface area contributed by atoms with Gasteiger partial charge in [-0.2, -0.15) is 0 Å². The summed E-state index contributed by atoms with van der Waals surface area (Å²) in [5.74, 6) is 0.990. The number of rotatable bonds is 7. The van der Waals surface area contributed by atoms with Crippen molar-refractivity contribution in [2.24, 2.45) is 4.99 Å². The lowest BCUT2D eigenvalue weighted by molar-refractivity contribution is -0.113. The molecule has 0 N–H and O–H groups in total. The van der Waals surface area contributed by atoms with Gasteiger partial charge in [0.15, 0.2) is 16.7 Å². The maximum atomic E-state index is 13.7. The lowest BCUT2D eigenvalue weighted by atomic mass is 10.1. The molecule has 202 valence electrons. The van der Waals surface area contributed by atoms with Crippen LogP contribution < -0.4 is 14.4 Å². The van der Waals surface area contributed by atoms with Crippen molar-refractivity contribution in [3.05, 3.63) is 122 Å². The predicted molar refractivity (Wildman–Crippen MR) is 166 cm³/mol. The molecular weight excluding hydrogens is 563 g/mol. The van der Waals surface area contributed by atoms with E-state index in [9.17, 15) is 4.79 Å². The second-order valence-corrected chi connectivity index (χ2v) is 11.0. The van der Waals surface area contributed by atoms with E-state index in [0.717, 1.165) is 22.3 Å². The number of methoxy groups -OCH3 is 1. The van der Waals surface area contributed by atoms with Crippen LogP contribution in [0.1, 0.15) is 22.3 Å². The normalized spacial score (nSPS) is 15.2. The number of anilines is 1. The van der Waals surface area contributed by atoms with Gasteiger partial charge in [-0.1, -0.05) is 71.7 Å². The summed E-state index contributed by atoms with van der Waals surface area (Å²) in [4.78, 5) is 20.6. The van der Waals surface area contributed by atoms with E-state index in [4.69, 9.17) is 37.7 Å². The Morgan fingerprint density at radius 1 is 0.875 bits per heavy atom. The van der Waals surface area contributed by atoms with Crippen LogP contribution in [0.25, 0.3) is 6.08 Å². The number of hydrogen-bond donors (Lipinski definition) is 0. The van der Waals surface area contributed by atoms with Crippen LogP contribution in [0.5, 0.6) is 11.5 Å². The molecule has 0 saturated carbocycles. The minimum atomic E-state index is -0.203. The zero-order chi connectivity index (χ0) is 28.2. The van der Waals surface area contributed by atoms with Crippen molar-refractivity contribution >= 4 is 63.5 Å². The van der Waals surface area contributed by atoms with Gasteiger partial charge in [0.05, 0.1) is 23.4 Å². The van der Waals surface area contributed by atoms with E-state index in [1.54, 1.807) is 24.1 Å². The first-order chi connectivity index (χ1) is 19.3. The molecule has 8 heteroatoms. The molecule has 1 amide bonds. The van der Waals surface area contributed by atoms with Crippen LogP contribution in [0.2, 0.25) is 10.0 Å². The fourth-order valence-corrected chi connectivity index (χ4v) is 5.39. The lowest BCUT2D eigenvalue weighted by Gasteiger charge is -2.16. The van der Waals surface area contributed by atoms with E-state index in [1.807, 2.05) is 92.7 Å². The van der Waals surface area contributed by atoms with Gasteiger partial charge in [-0.05, 0) is 90.3 Å². The Balaban J connectivity index is 1.48. The van der Waals surface area contributed by atoms with Gasteiger partial charge >= 0.3 is 0 Å². The molecule has 0 atom stereocenters. The molecule has 1 saturated heterocycles. The van der Waals surface area contributed by atoms with E-state index in [1.165, 1.54) is 11.8 Å². The number of amidine groups is 1. The van der Waals surface area contributed by atoms with Gasteiger partial charge < -0.3 is 9.47 Å². The summed E-state index contributed by atoms with van der Waals surface area (Å²) >= 11 is 14.1. The Morgan fingerprint density at radius 3 is 2.30 bits per heavy atom. The molecule has 1 heterocycles. The van der Waals surface area contributed by atoms with Gasteiger partial charge in [0.25, 0.3) is 5.91 Å². The monoisotopic (exact) mass is 588 g/mol. The smallest absolute Gasteiger partial charge is 0.271 e. The van der Waals surface area contributed by atoms with Crippen LogP contribution in [-0.4, -0.2) is 18.2 Å². The van der Waals surface area contributed by atoms with Crippen molar-refractivity contribution in [3.63, 3.8) is 0 Å². The Kier molecular flexibility index (Phi) is 8.50. The van der Waals surface area contributed by atoms with Gasteiger partial charge in [-0.3, -0.25) is 9.69 Å². The molecule has 1 aliphatic heterocycles. The van der Waals surface area contributed by atoms with E-state index >= 15 is 0 Å². The van der Waals surface area contributed by atoms with Gasteiger partial charge in [0.2, 0.25) is 0 Å². The number of aliphatic imine (C=N–C) groups is 1. The van der Waals surface area contributed by atoms with Crippen molar-refractivity contribution in [1.29, 1.82) is 0 Å². The van der Waals surface area contributed by atoms with E-state index in [-0.39, 0.29) is 5.91 Å². The van der Waals surface area contributed by atoms with Crippen LogP contribution in [0.4, 0.5) is 11.4 Å². The van der Waals surface area contributed by atoms with Crippen LogP contribution >= 0.6 is 35.0 Å². The number of aryl methyl sites for hydroxylation is 2. The molecule has 0 aromatic heterocycles. The maximum Gasteiger partial charge on any atom is 0.271 e. The Morgan fingerprint density at radius 2 is 1.60 bits per heavy atom. The quantitative estimate of drug-likeness (QED) is 0.202. The molecule has 40 heavy (non-hydrogen) atoms. The molecule has 0 radical (unpaired) electrons. The Hall–Kier alpha value is -3.71. The zero-order valence-corrected chi connectivity index (χ0v) is 24.5. The zero-order valence-electron chi connectivity index (χ0n) is 22.2. The van der Waals surface area contributed by atoms with E-state index in [2.05, 4.69) is 0 Å². The van der Waals surface area contributed by atoms with E-state index < -0.39 is 0 Å². The fraction of sp³-hybridized carbons (Fsp3) is 0.125. The fourth-order valence-electron chi connectivity index (χ4n) is 4.04. The SMILES string of the molecule is COc1cc(/C=C2/SC(=Nc3ccc(C)c(Cl)c3)N(c3ccc(C)c(Cl)c3)C2=O)ccc1OCc1ccccc1. The Bertz CT molecular complexity index is 1640. The average molecular weight is 590 g/mol. The predicted octanol–water partition coefficient (Wildman–Crippen LogP) is 9.01. The molecule has 4 aromatic carbocycles. The molecule has 1 fully saturated rings. The first-order valence-corrected chi connectivity index (χ1v) is 14.1. The highest BCUT2D eigenvalue weighted by molar-refractivity contribution is 8.19. The van der Waals surface area contributed by atoms with Crippen LogP contribution in [0.15, 0.2) is 94.8 Å². The van der Waals surface area contributed by atoms with Crippen LogP contribution in [0, 0.1) is 13.8 Å². The molecule has 1 aliphatic rings. The number of nitrogens with zero attached hydrogens (tertiary/aromatic N) is 2. The number of benzene rings is 4. The number of carbonyl (C=O) groups excluding carboxylic acids is 1. The largest absolute Gasteiger partial charge is 0.493 e. The van der Waals surface area contributed by atoms with Crippen LogP contribution in [-0.2, 0) is 11.4 Å². The number of ether oxygens (including phenoxy) is 2. The second-order valence-electron chi connectivity index (χ2n) is 9.20. The highest BCUT2D eigenvalue weighted by Crippen LogP contribution is 2.39. The molecule has 0 unspecified atom stereocenters. The summed E-state index contributed by atoms with van der Waals surface area (Å²) in [6.07, 6.45) is 1.82. The molecule has 0 bridgehead atoms. The summed E-state index contributed by atoms with van der Waals surface area (Å²) in [5, 5.41) is 1.69. The van der Waals surface area contributed by atoms with Crippen molar-refractivity contribution in [2.75, 3.05) is 12.0 Å². The summed E-state index contributed by atoms with van der Waals surface area (Å²) in [7, 11) is 1.59. The third-order valence-corrected chi connectivity index (χ3v) is 8.11. The molecule has 0 spiro atoms. The first-order valence-electron chi connectivity index (χ1n) is 12.5. The summed E-state index contributed by atoms with van der Waals surface area (Å²) < 4.78 is 11.6. The summed E-state index contributed by atoms with van der Waals surface area (Å²) in [6, 6.07) is 26.6. The average Bonchev–Trinajstić information content (AvgIpc) is 3.25. The minimum Gasteiger partial charge on any atom is -0.493 e. The van der Waals surface area contributed by atoms with Crippen molar-refractivity contribution < 1.29 is 14.3 Å². The van der Waals surface area contributed by atoms with Crippen LogP contribution in [0.3, 0.4) is 0 Å². The number of carbonyl (C=O) groups is 1. The highest BCUT2D eigenvalue weighted by atomic mass is 35.5. The summed E-state index contributed by atoms with van der Waals surface area (Å²) in [6.45, 7) is 4.27. The molecule has 0 aliphatic carbocycles. The van der Waals surface area contributed by atoms with Crippen molar-refractivity contribution in [1.82, 2.24) is 0 Å². The Labute approximate surface area is 248 Å². The number of halogens is 2. The lowest BCUT2D eigenvalue weighted by Crippen LogP contribution is -2.28. The third kappa shape index (κ3) is 6.20. The molecule has 5 nitrogen and oxygen atoms in total. The maximum absolute atomic E-state index is 13.7. The number of hydrogen-bond acceptors (Lipinski definition) is 5. The molecule has 5 rings (SSSR count). The second kappa shape index (κ2) is 12.2. The minimum absolute atomic E-state index is 0.203. The van der Waals surface area contributed by atoms with Gasteiger partial charge in [0, 0.05) is 10.0 Å². The van der Waals surface area contributed by atoms with Gasteiger partial charge in [0.1, 0.15) is 6.61 Å². The van der Waals surface area contributed by atoms with E-state index in [0.29, 0.717) is 49.6 Å².